The van der Waals surface area contributed by atoms with E-state index >= 15 is 0 Å². The summed E-state index contributed by atoms with van der Waals surface area (Å²) in [5, 5.41) is 6.21. The van der Waals surface area contributed by atoms with Gasteiger partial charge in [-0.15, -0.1) is 0 Å². The summed E-state index contributed by atoms with van der Waals surface area (Å²) in [7, 11) is 3.38. The molecule has 0 aromatic heterocycles. The molecule has 0 aromatic rings. The minimum absolute atomic E-state index is 0.0687. The zero-order chi connectivity index (χ0) is 14.8. The highest BCUT2D eigenvalue weighted by Gasteiger charge is 2.15. The first-order chi connectivity index (χ1) is 9.63. The molecule has 1 saturated heterocycles. The first kappa shape index (κ1) is 16.7. The second kappa shape index (κ2) is 9.52. The average Bonchev–Trinajstić information content (AvgIpc) is 2.94. The van der Waals surface area contributed by atoms with Crippen molar-refractivity contribution in [3.8, 4) is 0 Å². The van der Waals surface area contributed by atoms with Crippen molar-refractivity contribution in [3.63, 3.8) is 0 Å². The van der Waals surface area contributed by atoms with E-state index in [1.54, 1.807) is 14.1 Å². The van der Waals surface area contributed by atoms with Crippen LogP contribution >= 0.6 is 0 Å². The highest BCUT2D eigenvalue weighted by molar-refractivity contribution is 5.84. The van der Waals surface area contributed by atoms with Crippen LogP contribution in [0.5, 0.6) is 0 Å². The van der Waals surface area contributed by atoms with Crippen LogP contribution in [0.2, 0.25) is 0 Å². The minimum Gasteiger partial charge on any atom is -0.381 e. The van der Waals surface area contributed by atoms with E-state index < -0.39 is 0 Å². The van der Waals surface area contributed by atoms with Gasteiger partial charge in [0, 0.05) is 39.7 Å². The van der Waals surface area contributed by atoms with Crippen LogP contribution in [-0.4, -0.2) is 70.4 Å². The molecule has 1 aliphatic rings. The van der Waals surface area contributed by atoms with E-state index in [4.69, 9.17) is 4.74 Å². The highest BCUT2D eigenvalue weighted by Crippen LogP contribution is 2.10. The lowest BCUT2D eigenvalue weighted by Crippen LogP contribution is -2.41. The van der Waals surface area contributed by atoms with E-state index in [-0.39, 0.29) is 19.1 Å². The van der Waals surface area contributed by atoms with Gasteiger partial charge in [0.15, 0.2) is 5.96 Å². The van der Waals surface area contributed by atoms with Crippen molar-refractivity contribution in [1.29, 1.82) is 0 Å². The normalized spacial score (nSPS) is 18.9. The van der Waals surface area contributed by atoms with E-state index in [2.05, 4.69) is 15.6 Å². The summed E-state index contributed by atoms with van der Waals surface area (Å²) in [5.74, 6) is 0.953. The molecule has 7 heteroatoms. The molecule has 116 valence electrons. The van der Waals surface area contributed by atoms with Crippen LogP contribution in [0.15, 0.2) is 4.99 Å². The molecular formula is C13H25FN4O2. The molecule has 1 atom stereocenters. The Morgan fingerprint density at radius 3 is 2.85 bits per heavy atom. The number of carbonyl (C=O) groups is 1. The summed E-state index contributed by atoms with van der Waals surface area (Å²) in [5.41, 5.74) is 0. The molecule has 1 aliphatic heterocycles. The van der Waals surface area contributed by atoms with Gasteiger partial charge in [-0.2, -0.15) is 0 Å². The molecule has 20 heavy (non-hydrogen) atoms. The third kappa shape index (κ3) is 6.70. The third-order valence-electron chi connectivity index (χ3n) is 3.06. The van der Waals surface area contributed by atoms with Gasteiger partial charge >= 0.3 is 0 Å². The number of hydrogen-bond donors (Lipinski definition) is 2. The standard InChI is InChI=1S/C13H25FN4O2/c1-18(2)12(19)9-17-13(15-6-3-5-14)16-8-11-4-7-20-10-11/h11H,3-10H2,1-2H3,(H2,15,16,17). The summed E-state index contributed by atoms with van der Waals surface area (Å²) in [6, 6.07) is 0. The number of halogens is 1. The Morgan fingerprint density at radius 1 is 1.45 bits per heavy atom. The van der Waals surface area contributed by atoms with Crippen LogP contribution in [0.4, 0.5) is 4.39 Å². The topological polar surface area (TPSA) is 66.0 Å². The number of rotatable bonds is 7. The van der Waals surface area contributed by atoms with Crippen molar-refractivity contribution in [1.82, 2.24) is 15.5 Å². The van der Waals surface area contributed by atoms with E-state index in [1.807, 2.05) is 0 Å². The zero-order valence-electron chi connectivity index (χ0n) is 12.3. The Morgan fingerprint density at radius 2 is 2.25 bits per heavy atom. The SMILES string of the molecule is CN(C)C(=O)CN=C(NCCCF)NCC1CCOC1. The number of nitrogens with one attached hydrogen (secondary N) is 2. The molecule has 0 saturated carbocycles. The second-order valence-electron chi connectivity index (χ2n) is 5.03. The summed E-state index contributed by atoms with van der Waals surface area (Å²) in [6.07, 6.45) is 1.45. The fourth-order valence-corrected chi connectivity index (χ4v) is 1.72. The number of alkyl halides is 1. The van der Waals surface area contributed by atoms with Gasteiger partial charge in [0.25, 0.3) is 0 Å². The lowest BCUT2D eigenvalue weighted by Gasteiger charge is -2.15. The number of ether oxygens (including phenoxy) is 1. The number of nitrogens with zero attached hydrogens (tertiary/aromatic N) is 2. The molecule has 1 rings (SSSR count). The molecule has 0 spiro atoms. The number of hydrogen-bond acceptors (Lipinski definition) is 3. The average molecular weight is 288 g/mol. The fraction of sp³-hybridized carbons (Fsp3) is 0.846. The first-order valence-electron chi connectivity index (χ1n) is 6.99. The van der Waals surface area contributed by atoms with Crippen LogP contribution in [0.25, 0.3) is 0 Å². The van der Waals surface area contributed by atoms with Gasteiger partial charge in [0.1, 0.15) is 6.54 Å². The van der Waals surface area contributed by atoms with Crippen molar-refractivity contribution in [3.05, 3.63) is 0 Å². The number of carbonyl (C=O) groups excluding carboxylic acids is 1. The van der Waals surface area contributed by atoms with Gasteiger partial charge in [-0.05, 0) is 12.8 Å². The van der Waals surface area contributed by atoms with Gasteiger partial charge in [-0.1, -0.05) is 0 Å². The lowest BCUT2D eigenvalue weighted by molar-refractivity contribution is -0.127. The smallest absolute Gasteiger partial charge is 0.243 e. The van der Waals surface area contributed by atoms with Crippen LogP contribution in [0, 0.1) is 5.92 Å². The molecule has 1 heterocycles. The monoisotopic (exact) mass is 288 g/mol. The Bertz CT molecular complexity index is 317. The van der Waals surface area contributed by atoms with E-state index in [1.165, 1.54) is 4.90 Å². The van der Waals surface area contributed by atoms with E-state index in [0.717, 1.165) is 26.2 Å². The highest BCUT2D eigenvalue weighted by atomic mass is 19.1. The van der Waals surface area contributed by atoms with Gasteiger partial charge in [0.2, 0.25) is 5.91 Å². The zero-order valence-corrected chi connectivity index (χ0v) is 12.3. The molecular weight excluding hydrogens is 263 g/mol. The Kier molecular flexibility index (Phi) is 7.94. The van der Waals surface area contributed by atoms with Gasteiger partial charge in [-0.3, -0.25) is 9.18 Å². The Hall–Kier alpha value is -1.37. The first-order valence-corrected chi connectivity index (χ1v) is 6.99. The Balaban J connectivity index is 2.40. The molecule has 6 nitrogen and oxygen atoms in total. The Labute approximate surface area is 119 Å². The summed E-state index contributed by atoms with van der Waals surface area (Å²) in [6.45, 7) is 2.51. The number of guanidine groups is 1. The van der Waals surface area contributed by atoms with Crippen molar-refractivity contribution < 1.29 is 13.9 Å². The molecule has 0 radical (unpaired) electrons. The van der Waals surface area contributed by atoms with Crippen LogP contribution in [0.1, 0.15) is 12.8 Å². The summed E-state index contributed by atoms with van der Waals surface area (Å²) in [4.78, 5) is 17.2. The molecule has 1 fully saturated rings. The molecule has 0 bridgehead atoms. The third-order valence-corrected chi connectivity index (χ3v) is 3.06. The number of aliphatic imine (C=N–C) groups is 1. The van der Waals surface area contributed by atoms with Crippen LogP contribution in [-0.2, 0) is 9.53 Å². The van der Waals surface area contributed by atoms with Gasteiger partial charge in [0.05, 0.1) is 13.3 Å². The van der Waals surface area contributed by atoms with Crippen molar-refractivity contribution in [2.24, 2.45) is 10.9 Å². The second-order valence-corrected chi connectivity index (χ2v) is 5.03. The maximum atomic E-state index is 12.1. The van der Waals surface area contributed by atoms with E-state index in [9.17, 15) is 9.18 Å². The van der Waals surface area contributed by atoms with Gasteiger partial charge < -0.3 is 20.3 Å². The fourth-order valence-electron chi connectivity index (χ4n) is 1.72. The molecule has 2 N–H and O–H groups in total. The van der Waals surface area contributed by atoms with Crippen molar-refractivity contribution in [2.45, 2.75) is 12.8 Å². The minimum atomic E-state index is -0.368. The predicted octanol–water partition coefficient (Wildman–Crippen LogP) is 0.00590. The lowest BCUT2D eigenvalue weighted by atomic mass is 10.1. The largest absolute Gasteiger partial charge is 0.381 e. The van der Waals surface area contributed by atoms with Crippen molar-refractivity contribution in [2.75, 3.05) is 53.6 Å². The molecule has 0 aromatic carbocycles. The summed E-state index contributed by atoms with van der Waals surface area (Å²) < 4.78 is 17.4. The quantitative estimate of drug-likeness (QED) is 0.393. The number of likely N-dealkylation sites (N-methyl/N-ethyl adjacent to an activating group) is 1. The number of amides is 1. The maximum Gasteiger partial charge on any atom is 0.243 e. The van der Waals surface area contributed by atoms with Crippen molar-refractivity contribution >= 4 is 11.9 Å². The molecule has 1 unspecified atom stereocenters. The maximum absolute atomic E-state index is 12.1. The summed E-state index contributed by atoms with van der Waals surface area (Å²) >= 11 is 0. The van der Waals surface area contributed by atoms with Crippen LogP contribution in [0.3, 0.4) is 0 Å². The van der Waals surface area contributed by atoms with Gasteiger partial charge in [-0.25, -0.2) is 4.99 Å². The van der Waals surface area contributed by atoms with E-state index in [0.29, 0.717) is 24.8 Å². The molecule has 1 amide bonds. The van der Waals surface area contributed by atoms with Crippen LogP contribution < -0.4 is 10.6 Å². The molecule has 0 aliphatic carbocycles. The predicted molar refractivity (Wildman–Crippen MR) is 76.5 cm³/mol.